The molecule has 0 saturated carbocycles. The first-order valence-corrected chi connectivity index (χ1v) is 5.83. The van der Waals surface area contributed by atoms with Crippen molar-refractivity contribution in [2.75, 3.05) is 0 Å². The fourth-order valence-electron chi connectivity index (χ4n) is 1.54. The molecule has 18 heavy (non-hydrogen) atoms. The molecule has 1 aromatic rings. The molecule has 1 rings (SSSR count). The number of hydrogen-bond acceptors (Lipinski definition) is 3. The number of carbonyl (C=O) groups excluding carboxylic acids is 2. The summed E-state index contributed by atoms with van der Waals surface area (Å²) < 4.78 is 0. The van der Waals surface area contributed by atoms with Crippen LogP contribution in [0.4, 0.5) is 0 Å². The van der Waals surface area contributed by atoms with Crippen LogP contribution in [0.1, 0.15) is 25.5 Å². The van der Waals surface area contributed by atoms with E-state index in [0.29, 0.717) is 0 Å². The van der Waals surface area contributed by atoms with Crippen LogP contribution in [-0.4, -0.2) is 17.9 Å². The maximum Gasteiger partial charge on any atom is 0.239 e. The Balaban J connectivity index is 2.67. The standard InChI is InChI=1S/C13H19N3O2/c1-8(13(18)16-9(2)12(15)17)11(14)10-6-4-3-5-7-10/h3-9,11H,14H2,1-2H3,(H2,15,17)(H,16,18)/t8?,9-,11?/m0/s1. The summed E-state index contributed by atoms with van der Waals surface area (Å²) in [6.45, 7) is 3.27. The minimum atomic E-state index is -0.692. The van der Waals surface area contributed by atoms with Crippen molar-refractivity contribution in [2.45, 2.75) is 25.9 Å². The van der Waals surface area contributed by atoms with Gasteiger partial charge in [0.05, 0.1) is 5.92 Å². The Morgan fingerprint density at radius 2 is 1.72 bits per heavy atom. The summed E-state index contributed by atoms with van der Waals surface area (Å²) in [6.07, 6.45) is 0. The van der Waals surface area contributed by atoms with E-state index in [2.05, 4.69) is 5.32 Å². The van der Waals surface area contributed by atoms with Gasteiger partial charge in [-0.2, -0.15) is 0 Å². The number of nitrogens with one attached hydrogen (secondary N) is 1. The van der Waals surface area contributed by atoms with Gasteiger partial charge in [0.25, 0.3) is 0 Å². The largest absolute Gasteiger partial charge is 0.368 e. The Hall–Kier alpha value is -1.88. The van der Waals surface area contributed by atoms with Gasteiger partial charge in [-0.05, 0) is 12.5 Å². The van der Waals surface area contributed by atoms with E-state index in [1.54, 1.807) is 13.8 Å². The summed E-state index contributed by atoms with van der Waals surface area (Å²) in [4.78, 5) is 22.7. The first kappa shape index (κ1) is 14.2. The lowest BCUT2D eigenvalue weighted by Crippen LogP contribution is -2.46. The van der Waals surface area contributed by atoms with Gasteiger partial charge in [0.15, 0.2) is 0 Å². The van der Waals surface area contributed by atoms with E-state index in [-0.39, 0.29) is 5.91 Å². The van der Waals surface area contributed by atoms with E-state index in [9.17, 15) is 9.59 Å². The summed E-state index contributed by atoms with van der Waals surface area (Å²) in [7, 11) is 0. The summed E-state index contributed by atoms with van der Waals surface area (Å²) >= 11 is 0. The monoisotopic (exact) mass is 249 g/mol. The van der Waals surface area contributed by atoms with Gasteiger partial charge in [-0.25, -0.2) is 0 Å². The molecule has 0 aliphatic carbocycles. The zero-order valence-corrected chi connectivity index (χ0v) is 10.6. The van der Waals surface area contributed by atoms with Crippen LogP contribution in [0.2, 0.25) is 0 Å². The van der Waals surface area contributed by atoms with Crippen molar-refractivity contribution in [1.29, 1.82) is 0 Å². The maximum absolute atomic E-state index is 11.9. The Kier molecular flexibility index (Phi) is 4.85. The fourth-order valence-corrected chi connectivity index (χ4v) is 1.54. The lowest BCUT2D eigenvalue weighted by molar-refractivity contribution is -0.129. The molecule has 98 valence electrons. The van der Waals surface area contributed by atoms with Crippen molar-refractivity contribution >= 4 is 11.8 Å². The van der Waals surface area contributed by atoms with E-state index >= 15 is 0 Å². The summed E-state index contributed by atoms with van der Waals surface area (Å²) in [5, 5.41) is 2.54. The molecule has 1 aromatic carbocycles. The number of primary amides is 1. The highest BCUT2D eigenvalue weighted by Gasteiger charge is 2.24. The molecular formula is C13H19N3O2. The van der Waals surface area contributed by atoms with Gasteiger partial charge in [0.2, 0.25) is 11.8 Å². The molecule has 2 amide bonds. The minimum absolute atomic E-state index is 0.280. The number of nitrogens with two attached hydrogens (primary N) is 2. The van der Waals surface area contributed by atoms with Crippen LogP contribution in [0.15, 0.2) is 30.3 Å². The SMILES string of the molecule is CC(C(=O)N[C@@H](C)C(N)=O)C(N)c1ccccc1. The number of benzene rings is 1. The normalized spacial score (nSPS) is 15.5. The van der Waals surface area contributed by atoms with Gasteiger partial charge < -0.3 is 16.8 Å². The zero-order valence-electron chi connectivity index (χ0n) is 10.6. The molecule has 0 aliphatic rings. The van der Waals surface area contributed by atoms with Crippen molar-refractivity contribution in [3.63, 3.8) is 0 Å². The highest BCUT2D eigenvalue weighted by molar-refractivity contribution is 5.87. The molecule has 0 aromatic heterocycles. The van der Waals surface area contributed by atoms with Crippen molar-refractivity contribution in [3.05, 3.63) is 35.9 Å². The third-order valence-electron chi connectivity index (χ3n) is 2.92. The quantitative estimate of drug-likeness (QED) is 0.700. The second-order valence-corrected chi connectivity index (χ2v) is 4.36. The van der Waals surface area contributed by atoms with Gasteiger partial charge >= 0.3 is 0 Å². The zero-order chi connectivity index (χ0) is 13.7. The van der Waals surface area contributed by atoms with Crippen LogP contribution in [0.5, 0.6) is 0 Å². The first-order valence-electron chi connectivity index (χ1n) is 5.83. The molecule has 2 unspecified atom stereocenters. The number of hydrogen-bond donors (Lipinski definition) is 3. The maximum atomic E-state index is 11.9. The van der Waals surface area contributed by atoms with Crippen LogP contribution in [-0.2, 0) is 9.59 Å². The lowest BCUT2D eigenvalue weighted by atomic mass is 9.94. The predicted octanol–water partition coefficient (Wildman–Crippen LogP) is 0.313. The number of amides is 2. The lowest BCUT2D eigenvalue weighted by Gasteiger charge is -2.21. The van der Waals surface area contributed by atoms with Crippen molar-refractivity contribution in [2.24, 2.45) is 17.4 Å². The fraction of sp³-hybridized carbons (Fsp3) is 0.385. The molecule has 0 spiro atoms. The molecule has 5 N–H and O–H groups in total. The Morgan fingerprint density at radius 1 is 1.17 bits per heavy atom. The molecule has 0 bridgehead atoms. The van der Waals surface area contributed by atoms with Crippen molar-refractivity contribution in [1.82, 2.24) is 5.32 Å². The van der Waals surface area contributed by atoms with E-state index < -0.39 is 23.9 Å². The minimum Gasteiger partial charge on any atom is -0.368 e. The van der Waals surface area contributed by atoms with E-state index in [0.717, 1.165) is 5.56 Å². The second-order valence-electron chi connectivity index (χ2n) is 4.36. The average Bonchev–Trinajstić information content (AvgIpc) is 2.37. The second kappa shape index (κ2) is 6.16. The Morgan fingerprint density at radius 3 is 2.22 bits per heavy atom. The molecule has 0 fully saturated rings. The van der Waals surface area contributed by atoms with Crippen LogP contribution in [0, 0.1) is 5.92 Å². The van der Waals surface area contributed by atoms with Gasteiger partial charge in [-0.1, -0.05) is 37.3 Å². The molecule has 5 nitrogen and oxygen atoms in total. The molecule has 5 heteroatoms. The highest BCUT2D eigenvalue weighted by atomic mass is 16.2. The smallest absolute Gasteiger partial charge is 0.239 e. The highest BCUT2D eigenvalue weighted by Crippen LogP contribution is 2.19. The Labute approximate surface area is 107 Å². The molecule has 3 atom stereocenters. The molecule has 0 radical (unpaired) electrons. The predicted molar refractivity (Wildman–Crippen MR) is 69.3 cm³/mol. The van der Waals surface area contributed by atoms with Crippen LogP contribution in [0.3, 0.4) is 0 Å². The molecule has 0 saturated heterocycles. The van der Waals surface area contributed by atoms with Crippen LogP contribution >= 0.6 is 0 Å². The van der Waals surface area contributed by atoms with E-state index in [1.807, 2.05) is 30.3 Å². The third kappa shape index (κ3) is 3.56. The first-order chi connectivity index (χ1) is 8.43. The van der Waals surface area contributed by atoms with Crippen LogP contribution < -0.4 is 16.8 Å². The van der Waals surface area contributed by atoms with Crippen LogP contribution in [0.25, 0.3) is 0 Å². The average molecular weight is 249 g/mol. The molecular weight excluding hydrogens is 230 g/mol. The summed E-state index contributed by atoms with van der Waals surface area (Å²) in [5.41, 5.74) is 12.0. The number of carbonyl (C=O) groups is 2. The molecule has 0 heterocycles. The van der Waals surface area contributed by atoms with Gasteiger partial charge in [0, 0.05) is 6.04 Å². The van der Waals surface area contributed by atoms with Crippen molar-refractivity contribution in [3.8, 4) is 0 Å². The van der Waals surface area contributed by atoms with Gasteiger partial charge in [-0.15, -0.1) is 0 Å². The van der Waals surface area contributed by atoms with E-state index in [4.69, 9.17) is 11.5 Å². The number of rotatable bonds is 5. The van der Waals surface area contributed by atoms with Gasteiger partial charge in [-0.3, -0.25) is 9.59 Å². The molecule has 0 aliphatic heterocycles. The summed E-state index contributed by atoms with van der Waals surface area (Å²) in [5.74, 6) is -1.28. The van der Waals surface area contributed by atoms with Crippen molar-refractivity contribution < 1.29 is 9.59 Å². The van der Waals surface area contributed by atoms with E-state index in [1.165, 1.54) is 0 Å². The third-order valence-corrected chi connectivity index (χ3v) is 2.92. The topological polar surface area (TPSA) is 98.2 Å². The summed E-state index contributed by atoms with van der Waals surface area (Å²) in [6, 6.07) is 8.25. The Bertz CT molecular complexity index is 420. The van der Waals surface area contributed by atoms with Gasteiger partial charge in [0.1, 0.15) is 6.04 Å².